The van der Waals surface area contributed by atoms with Gasteiger partial charge in [0, 0.05) is 12.1 Å². The summed E-state index contributed by atoms with van der Waals surface area (Å²) < 4.78 is 6.82. The monoisotopic (exact) mass is 305 g/mol. The molecule has 0 atom stereocenters. The van der Waals surface area contributed by atoms with Gasteiger partial charge in [-0.15, -0.1) is 10.2 Å². The van der Waals surface area contributed by atoms with E-state index in [0.717, 1.165) is 18.5 Å². The van der Waals surface area contributed by atoms with Crippen LogP contribution in [-0.4, -0.2) is 44.6 Å². The fourth-order valence-electron chi connectivity index (χ4n) is 1.76. The van der Waals surface area contributed by atoms with E-state index in [-0.39, 0.29) is 5.91 Å². The van der Waals surface area contributed by atoms with Crippen molar-refractivity contribution in [2.45, 2.75) is 24.0 Å². The number of hydrogen-bond acceptors (Lipinski definition) is 6. The number of carbonyl (C=O) groups is 1. The largest absolute Gasteiger partial charge is 0.481 e. The molecule has 1 aliphatic rings. The average Bonchev–Trinajstić information content (AvgIpc) is 3.19. The summed E-state index contributed by atoms with van der Waals surface area (Å²) >= 11 is 1.35. The molecule has 2 aromatic rings. The van der Waals surface area contributed by atoms with Crippen LogP contribution in [0.1, 0.15) is 12.8 Å². The van der Waals surface area contributed by atoms with Crippen molar-refractivity contribution >= 4 is 17.7 Å². The lowest BCUT2D eigenvalue weighted by atomic mass is 10.4. The van der Waals surface area contributed by atoms with Crippen LogP contribution >= 0.6 is 11.8 Å². The number of nitrogens with one attached hydrogen (secondary N) is 1. The van der Waals surface area contributed by atoms with E-state index in [1.165, 1.54) is 11.8 Å². The highest BCUT2D eigenvalue weighted by molar-refractivity contribution is 7.99. The van der Waals surface area contributed by atoms with Gasteiger partial charge < -0.3 is 10.1 Å². The number of ether oxygens (including phenoxy) is 1. The van der Waals surface area contributed by atoms with Gasteiger partial charge >= 0.3 is 0 Å². The maximum absolute atomic E-state index is 11.7. The average molecular weight is 305 g/mol. The molecule has 1 saturated carbocycles. The Morgan fingerprint density at radius 1 is 1.52 bits per heavy atom. The molecule has 21 heavy (non-hydrogen) atoms. The summed E-state index contributed by atoms with van der Waals surface area (Å²) in [6, 6.07) is 4.01. The van der Waals surface area contributed by atoms with Crippen LogP contribution in [0.15, 0.2) is 29.8 Å². The zero-order valence-electron chi connectivity index (χ0n) is 11.5. The number of pyridine rings is 1. The number of methoxy groups -OCH3 is 1. The summed E-state index contributed by atoms with van der Waals surface area (Å²) in [7, 11) is 1.57. The second-order valence-corrected chi connectivity index (χ2v) is 5.62. The summed E-state index contributed by atoms with van der Waals surface area (Å²) in [5, 5.41) is 11.5. The van der Waals surface area contributed by atoms with Gasteiger partial charge in [-0.1, -0.05) is 11.8 Å². The molecule has 0 aromatic carbocycles. The van der Waals surface area contributed by atoms with E-state index >= 15 is 0 Å². The van der Waals surface area contributed by atoms with Crippen molar-refractivity contribution in [3.8, 4) is 11.6 Å². The fraction of sp³-hybridized carbons (Fsp3) is 0.385. The molecule has 0 bridgehead atoms. The van der Waals surface area contributed by atoms with Crippen molar-refractivity contribution in [1.29, 1.82) is 0 Å². The zero-order valence-corrected chi connectivity index (χ0v) is 12.3. The normalized spacial score (nSPS) is 14.0. The molecule has 110 valence electrons. The van der Waals surface area contributed by atoms with Crippen LogP contribution in [0.3, 0.4) is 0 Å². The second kappa shape index (κ2) is 6.13. The predicted molar refractivity (Wildman–Crippen MR) is 77.6 cm³/mol. The fourth-order valence-corrected chi connectivity index (χ4v) is 2.50. The molecule has 1 N–H and O–H groups in total. The van der Waals surface area contributed by atoms with Gasteiger partial charge in [0.2, 0.25) is 11.8 Å². The Kier molecular flexibility index (Phi) is 4.05. The third-order valence-electron chi connectivity index (χ3n) is 3.00. The van der Waals surface area contributed by atoms with Crippen LogP contribution in [0.4, 0.5) is 0 Å². The molecule has 0 aliphatic heterocycles. The Hall–Kier alpha value is -2.09. The highest BCUT2D eigenvalue weighted by Crippen LogP contribution is 2.21. The second-order valence-electron chi connectivity index (χ2n) is 4.67. The molecule has 3 rings (SSSR count). The Morgan fingerprint density at radius 2 is 2.38 bits per heavy atom. The van der Waals surface area contributed by atoms with E-state index in [2.05, 4.69) is 20.5 Å². The molecule has 0 saturated heterocycles. The lowest BCUT2D eigenvalue weighted by molar-refractivity contribution is -0.118. The topological polar surface area (TPSA) is 81.9 Å². The number of hydrogen-bond donors (Lipinski definition) is 1. The van der Waals surface area contributed by atoms with E-state index < -0.39 is 0 Å². The maximum Gasteiger partial charge on any atom is 0.230 e. The first-order valence-corrected chi connectivity index (χ1v) is 7.57. The van der Waals surface area contributed by atoms with E-state index in [9.17, 15) is 4.79 Å². The zero-order chi connectivity index (χ0) is 14.7. The summed E-state index contributed by atoms with van der Waals surface area (Å²) in [6.07, 6.45) is 5.45. The molecular weight excluding hydrogens is 290 g/mol. The van der Waals surface area contributed by atoms with Gasteiger partial charge in [-0.2, -0.15) is 0 Å². The van der Waals surface area contributed by atoms with Crippen molar-refractivity contribution in [2.75, 3.05) is 12.9 Å². The molecule has 1 fully saturated rings. The van der Waals surface area contributed by atoms with Gasteiger partial charge in [0.1, 0.15) is 6.33 Å². The molecule has 2 aromatic heterocycles. The first-order valence-electron chi connectivity index (χ1n) is 6.59. The van der Waals surface area contributed by atoms with Gasteiger partial charge in [0.15, 0.2) is 5.16 Å². The number of rotatable bonds is 6. The van der Waals surface area contributed by atoms with E-state index in [1.807, 2.05) is 6.07 Å². The van der Waals surface area contributed by atoms with Gasteiger partial charge in [0.25, 0.3) is 0 Å². The van der Waals surface area contributed by atoms with Gasteiger partial charge in [-0.25, -0.2) is 4.98 Å². The van der Waals surface area contributed by atoms with Crippen molar-refractivity contribution in [1.82, 2.24) is 25.1 Å². The maximum atomic E-state index is 11.7. The van der Waals surface area contributed by atoms with Crippen LogP contribution in [0, 0.1) is 0 Å². The molecule has 0 radical (unpaired) electrons. The number of nitrogens with zero attached hydrogens (tertiary/aromatic N) is 4. The number of amides is 1. The summed E-state index contributed by atoms with van der Waals surface area (Å²) in [5.74, 6) is 0.911. The first-order chi connectivity index (χ1) is 10.3. The molecule has 8 heteroatoms. The molecule has 2 heterocycles. The number of thioether (sulfide) groups is 1. The number of carbonyl (C=O) groups excluding carboxylic acids is 1. The lowest BCUT2D eigenvalue weighted by Gasteiger charge is -2.06. The van der Waals surface area contributed by atoms with E-state index in [1.54, 1.807) is 30.3 Å². The molecule has 0 unspecified atom stereocenters. The Labute approximate surface area is 126 Å². The van der Waals surface area contributed by atoms with Crippen LogP contribution < -0.4 is 10.1 Å². The summed E-state index contributed by atoms with van der Waals surface area (Å²) in [4.78, 5) is 15.9. The van der Waals surface area contributed by atoms with E-state index in [4.69, 9.17) is 4.74 Å². The standard InChI is InChI=1S/C13H15N5O2S/c1-20-12-5-4-10(6-14-12)18-8-15-17-13(18)21-7-11(19)16-9-2-3-9/h4-6,8-9H,2-3,7H2,1H3,(H,16,19). The minimum Gasteiger partial charge on any atom is -0.481 e. The Morgan fingerprint density at radius 3 is 3.05 bits per heavy atom. The highest BCUT2D eigenvalue weighted by atomic mass is 32.2. The minimum absolute atomic E-state index is 0.0323. The van der Waals surface area contributed by atoms with Gasteiger partial charge in [0.05, 0.1) is 24.7 Å². The van der Waals surface area contributed by atoms with Crippen molar-refractivity contribution in [3.63, 3.8) is 0 Å². The quantitative estimate of drug-likeness (QED) is 0.803. The summed E-state index contributed by atoms with van der Waals surface area (Å²) in [5.41, 5.74) is 0.825. The first kappa shape index (κ1) is 13.9. The van der Waals surface area contributed by atoms with Crippen LogP contribution in [0.5, 0.6) is 5.88 Å². The lowest BCUT2D eigenvalue weighted by Crippen LogP contribution is -2.27. The van der Waals surface area contributed by atoms with Crippen molar-refractivity contribution < 1.29 is 9.53 Å². The molecule has 1 aliphatic carbocycles. The number of aromatic nitrogens is 4. The smallest absolute Gasteiger partial charge is 0.230 e. The van der Waals surface area contributed by atoms with Crippen LogP contribution in [0.2, 0.25) is 0 Å². The Balaban J connectivity index is 1.66. The molecule has 7 nitrogen and oxygen atoms in total. The summed E-state index contributed by atoms with van der Waals surface area (Å²) in [6.45, 7) is 0. The molecule has 0 spiro atoms. The third-order valence-corrected chi connectivity index (χ3v) is 3.94. The van der Waals surface area contributed by atoms with Crippen LogP contribution in [0.25, 0.3) is 5.69 Å². The van der Waals surface area contributed by atoms with Gasteiger partial charge in [-0.05, 0) is 18.9 Å². The predicted octanol–water partition coefficient (Wildman–Crippen LogP) is 1.04. The van der Waals surface area contributed by atoms with Crippen molar-refractivity contribution in [3.05, 3.63) is 24.7 Å². The van der Waals surface area contributed by atoms with E-state index in [0.29, 0.717) is 22.8 Å². The van der Waals surface area contributed by atoms with Crippen LogP contribution in [-0.2, 0) is 4.79 Å². The molecular formula is C13H15N5O2S. The van der Waals surface area contributed by atoms with Gasteiger partial charge in [-0.3, -0.25) is 9.36 Å². The van der Waals surface area contributed by atoms with Crippen molar-refractivity contribution in [2.24, 2.45) is 0 Å². The molecule has 1 amide bonds. The minimum atomic E-state index is 0.0323. The Bertz CT molecular complexity index is 624. The third kappa shape index (κ3) is 3.52. The SMILES string of the molecule is COc1ccc(-n2cnnc2SCC(=O)NC2CC2)cn1. The highest BCUT2D eigenvalue weighted by Gasteiger charge is 2.23.